The van der Waals surface area contributed by atoms with Gasteiger partial charge in [0.25, 0.3) is 0 Å². The third-order valence-electron chi connectivity index (χ3n) is 5.15. The van der Waals surface area contributed by atoms with E-state index >= 15 is 0 Å². The molecule has 1 fully saturated rings. The minimum absolute atomic E-state index is 0.122. The summed E-state index contributed by atoms with van der Waals surface area (Å²) >= 11 is 0. The van der Waals surface area contributed by atoms with Crippen molar-refractivity contribution in [1.29, 1.82) is 10.5 Å². The van der Waals surface area contributed by atoms with E-state index in [1.165, 1.54) is 0 Å². The van der Waals surface area contributed by atoms with Crippen molar-refractivity contribution in [3.8, 4) is 23.6 Å². The Balaban J connectivity index is 1.56. The average Bonchev–Trinajstić information content (AvgIpc) is 2.79. The minimum atomic E-state index is 0.122. The normalized spacial score (nSPS) is 16.5. The van der Waals surface area contributed by atoms with Gasteiger partial charge in [-0.15, -0.1) is 0 Å². The van der Waals surface area contributed by atoms with Crippen LogP contribution in [0.1, 0.15) is 11.1 Å². The minimum Gasteiger partial charge on any atom is -0.491 e. The van der Waals surface area contributed by atoms with Crippen LogP contribution in [0.3, 0.4) is 0 Å². The molecule has 3 rings (SSSR count). The Morgan fingerprint density at radius 1 is 0.968 bits per heavy atom. The number of hydrogen-bond acceptors (Lipinski definition) is 7. The number of nitriles is 2. The lowest BCUT2D eigenvalue weighted by Gasteiger charge is -2.34. The highest BCUT2D eigenvalue weighted by atomic mass is 16.5. The Labute approximate surface area is 184 Å². The number of morpholine rings is 1. The number of hydrogen-bond donors (Lipinski definition) is 0. The largest absolute Gasteiger partial charge is 0.491 e. The van der Waals surface area contributed by atoms with E-state index < -0.39 is 0 Å². The van der Waals surface area contributed by atoms with Gasteiger partial charge in [-0.1, -0.05) is 24.3 Å². The van der Waals surface area contributed by atoms with Gasteiger partial charge in [-0.25, -0.2) is 0 Å². The summed E-state index contributed by atoms with van der Waals surface area (Å²) in [6.45, 7) is 5.57. The van der Waals surface area contributed by atoms with E-state index in [4.69, 9.17) is 14.2 Å². The van der Waals surface area contributed by atoms with Gasteiger partial charge in [0, 0.05) is 32.7 Å². The van der Waals surface area contributed by atoms with E-state index in [2.05, 4.69) is 29.0 Å². The molecular weight excluding hydrogens is 392 g/mol. The van der Waals surface area contributed by atoms with E-state index in [1.54, 1.807) is 12.1 Å². The van der Waals surface area contributed by atoms with Crippen molar-refractivity contribution in [1.82, 2.24) is 9.80 Å². The van der Waals surface area contributed by atoms with Crippen molar-refractivity contribution in [2.24, 2.45) is 0 Å². The molecule has 0 aromatic heterocycles. The summed E-state index contributed by atoms with van der Waals surface area (Å²) in [7, 11) is 2.10. The van der Waals surface area contributed by atoms with Crippen LogP contribution in [0.25, 0.3) is 0 Å². The Morgan fingerprint density at radius 3 is 2.03 bits per heavy atom. The van der Waals surface area contributed by atoms with Crippen LogP contribution in [-0.4, -0.2) is 75.5 Å². The number of benzene rings is 2. The Morgan fingerprint density at radius 2 is 1.52 bits per heavy atom. The van der Waals surface area contributed by atoms with Crippen LogP contribution in [0.15, 0.2) is 48.5 Å². The van der Waals surface area contributed by atoms with Crippen LogP contribution in [0, 0.1) is 22.7 Å². The van der Waals surface area contributed by atoms with Gasteiger partial charge in [0.15, 0.2) is 0 Å². The summed E-state index contributed by atoms with van der Waals surface area (Å²) in [5, 5.41) is 18.5. The fourth-order valence-electron chi connectivity index (χ4n) is 3.50. The van der Waals surface area contributed by atoms with Gasteiger partial charge in [0.1, 0.15) is 36.9 Å². The molecule has 1 heterocycles. The molecule has 0 N–H and O–H groups in total. The summed E-state index contributed by atoms with van der Waals surface area (Å²) < 4.78 is 17.7. The highest BCUT2D eigenvalue weighted by Gasteiger charge is 2.21. The van der Waals surface area contributed by atoms with Crippen molar-refractivity contribution < 1.29 is 14.2 Å². The first-order valence-corrected chi connectivity index (χ1v) is 10.5. The van der Waals surface area contributed by atoms with Gasteiger partial charge in [0.05, 0.1) is 23.8 Å². The molecule has 1 aliphatic rings. The van der Waals surface area contributed by atoms with Crippen LogP contribution in [-0.2, 0) is 4.74 Å². The Bertz CT molecular complexity index is 858. The molecule has 31 heavy (non-hydrogen) atoms. The number of likely N-dealkylation sites (N-methyl/N-ethyl adjacent to an activating group) is 1. The van der Waals surface area contributed by atoms with Gasteiger partial charge in [-0.05, 0) is 31.3 Å². The van der Waals surface area contributed by atoms with E-state index in [0.717, 1.165) is 26.2 Å². The summed E-state index contributed by atoms with van der Waals surface area (Å²) in [5.41, 5.74) is 1.06. The van der Waals surface area contributed by atoms with Crippen LogP contribution in [0.2, 0.25) is 0 Å². The molecule has 2 aromatic rings. The maximum absolute atomic E-state index is 9.23. The van der Waals surface area contributed by atoms with Gasteiger partial charge in [-0.2, -0.15) is 10.5 Å². The number of nitrogens with zero attached hydrogens (tertiary/aromatic N) is 4. The molecule has 1 saturated heterocycles. The molecule has 162 valence electrons. The van der Waals surface area contributed by atoms with Crippen molar-refractivity contribution in [3.05, 3.63) is 59.7 Å². The molecule has 0 spiro atoms. The van der Waals surface area contributed by atoms with Crippen molar-refractivity contribution in [2.75, 3.05) is 59.6 Å². The second-order valence-electron chi connectivity index (χ2n) is 7.47. The molecule has 1 aliphatic heterocycles. The predicted molar refractivity (Wildman–Crippen MR) is 117 cm³/mol. The second-order valence-corrected chi connectivity index (χ2v) is 7.47. The molecule has 0 bridgehead atoms. The summed E-state index contributed by atoms with van der Waals surface area (Å²) in [4.78, 5) is 4.51. The summed E-state index contributed by atoms with van der Waals surface area (Å²) in [6.07, 6.45) is 0.122. The molecule has 0 saturated carbocycles. The van der Waals surface area contributed by atoms with E-state index in [1.807, 2.05) is 36.4 Å². The highest BCUT2D eigenvalue weighted by Crippen LogP contribution is 2.18. The van der Waals surface area contributed by atoms with Crippen LogP contribution in [0.4, 0.5) is 0 Å². The van der Waals surface area contributed by atoms with Gasteiger partial charge >= 0.3 is 0 Å². The molecule has 2 aromatic carbocycles. The molecule has 0 amide bonds. The molecule has 0 unspecified atom stereocenters. The van der Waals surface area contributed by atoms with Crippen LogP contribution >= 0.6 is 0 Å². The van der Waals surface area contributed by atoms with Crippen molar-refractivity contribution in [3.63, 3.8) is 0 Å². The van der Waals surface area contributed by atoms with Gasteiger partial charge < -0.3 is 19.1 Å². The third kappa shape index (κ3) is 6.97. The number of para-hydroxylation sites is 2. The Kier molecular flexibility index (Phi) is 8.69. The average molecular weight is 421 g/mol. The van der Waals surface area contributed by atoms with Gasteiger partial charge in [0.2, 0.25) is 0 Å². The van der Waals surface area contributed by atoms with Gasteiger partial charge in [-0.3, -0.25) is 4.90 Å². The second kappa shape index (κ2) is 11.9. The lowest BCUT2D eigenvalue weighted by molar-refractivity contribution is -0.0378. The molecule has 1 atom stereocenters. The van der Waals surface area contributed by atoms with Crippen molar-refractivity contribution >= 4 is 0 Å². The zero-order valence-corrected chi connectivity index (χ0v) is 17.9. The third-order valence-corrected chi connectivity index (χ3v) is 5.15. The number of rotatable bonds is 10. The quantitative estimate of drug-likeness (QED) is 0.584. The zero-order valence-electron chi connectivity index (χ0n) is 17.9. The van der Waals surface area contributed by atoms with E-state index in [9.17, 15) is 10.5 Å². The van der Waals surface area contributed by atoms with E-state index in [-0.39, 0.29) is 6.10 Å². The molecule has 7 heteroatoms. The summed E-state index contributed by atoms with van der Waals surface area (Å²) in [5.74, 6) is 1.19. The fourth-order valence-corrected chi connectivity index (χ4v) is 3.50. The topological polar surface area (TPSA) is 81.8 Å². The molecular formula is C24H28N4O3. The highest BCUT2D eigenvalue weighted by molar-refractivity contribution is 5.43. The van der Waals surface area contributed by atoms with Crippen LogP contribution < -0.4 is 9.47 Å². The first kappa shape index (κ1) is 22.6. The maximum Gasteiger partial charge on any atom is 0.137 e. The molecule has 0 aliphatic carbocycles. The lowest BCUT2D eigenvalue weighted by atomic mass is 10.2. The summed E-state index contributed by atoms with van der Waals surface area (Å²) in [6, 6.07) is 18.8. The van der Waals surface area contributed by atoms with E-state index in [0.29, 0.717) is 48.9 Å². The first-order chi connectivity index (χ1) is 15.2. The van der Waals surface area contributed by atoms with Crippen LogP contribution in [0.5, 0.6) is 11.5 Å². The SMILES string of the molecule is CN1CCO[C@@H](CN(CCOc2ccccc2C#N)CCOc2ccccc2C#N)C1. The number of ether oxygens (including phenoxy) is 3. The maximum atomic E-state index is 9.23. The lowest BCUT2D eigenvalue weighted by Crippen LogP contribution is -2.47. The predicted octanol–water partition coefficient (Wildman–Crippen LogP) is 2.52. The zero-order chi connectivity index (χ0) is 21.9. The van der Waals surface area contributed by atoms with Crippen molar-refractivity contribution in [2.45, 2.75) is 6.10 Å². The molecule has 7 nitrogen and oxygen atoms in total. The standard InChI is InChI=1S/C24H28N4O3/c1-27-10-13-29-22(18-27)19-28(11-14-30-23-8-4-2-6-20(23)16-25)12-15-31-24-9-5-3-7-21(24)17-26/h2-9,22H,10-15,18-19H2,1H3/t22-/m1/s1. The monoisotopic (exact) mass is 420 g/mol. The Hall–Kier alpha value is -3.10. The molecule has 0 radical (unpaired) electrons. The first-order valence-electron chi connectivity index (χ1n) is 10.5. The smallest absolute Gasteiger partial charge is 0.137 e. The fraction of sp³-hybridized carbons (Fsp3) is 0.417.